The molecule has 0 saturated carbocycles. The topological polar surface area (TPSA) is 58.0 Å². The Labute approximate surface area is 195 Å². The number of hydrogen-bond donors (Lipinski definition) is 2. The molecule has 3 aromatic rings. The maximum atomic E-state index is 12.7. The predicted molar refractivity (Wildman–Crippen MR) is 116 cm³/mol. The summed E-state index contributed by atoms with van der Waals surface area (Å²) in [4.78, 5) is 4.55. The van der Waals surface area contributed by atoms with Gasteiger partial charge in [0.05, 0.1) is 0 Å². The number of pyridine rings is 1. The molecule has 0 amide bonds. The second-order valence-corrected chi connectivity index (χ2v) is 10.9. The van der Waals surface area contributed by atoms with Crippen molar-refractivity contribution in [3.8, 4) is 5.75 Å². The Bertz CT molecular complexity index is 1130. The first kappa shape index (κ1) is 22.8. The van der Waals surface area contributed by atoms with Gasteiger partial charge in [0.25, 0.3) is 0 Å². The summed E-state index contributed by atoms with van der Waals surface area (Å²) in [6, 6.07) is 14.3. The molecule has 1 aliphatic heterocycles. The van der Waals surface area contributed by atoms with Gasteiger partial charge in [-0.15, -0.1) is 0 Å². The van der Waals surface area contributed by atoms with Crippen LogP contribution in [0, 0.1) is 11.3 Å². The Hall–Kier alpha value is -2.36. The first-order chi connectivity index (χ1) is 15.2. The molecule has 0 spiro atoms. The Morgan fingerprint density at radius 1 is 1.16 bits per heavy atom. The van der Waals surface area contributed by atoms with E-state index in [4.69, 9.17) is 5.41 Å². The SMILES string of the molecule is CC(C)C(=N)c1ccc(N[C@@H]2C[I-]C[C@H]2c2cccc(OC(F)(F)F)c2)c2cccnc12. The van der Waals surface area contributed by atoms with Gasteiger partial charge in [-0.1, -0.05) is 0 Å². The summed E-state index contributed by atoms with van der Waals surface area (Å²) in [6.07, 6.45) is -2.96. The van der Waals surface area contributed by atoms with Gasteiger partial charge in [-0.25, -0.2) is 0 Å². The second kappa shape index (κ2) is 9.25. The predicted octanol–water partition coefficient (Wildman–Crippen LogP) is 2.82. The molecular formula is C24H24F3IN3O-. The summed E-state index contributed by atoms with van der Waals surface area (Å²) in [7, 11) is 0. The van der Waals surface area contributed by atoms with E-state index < -0.39 is 6.36 Å². The van der Waals surface area contributed by atoms with E-state index in [1.165, 1.54) is 12.1 Å². The van der Waals surface area contributed by atoms with Crippen LogP contribution in [0.3, 0.4) is 0 Å². The quantitative estimate of drug-likeness (QED) is 0.280. The van der Waals surface area contributed by atoms with E-state index >= 15 is 0 Å². The summed E-state index contributed by atoms with van der Waals surface area (Å²) in [6.45, 7) is 3.99. The molecule has 0 radical (unpaired) electrons. The van der Waals surface area contributed by atoms with Gasteiger partial charge in [-0.05, 0) is 0 Å². The van der Waals surface area contributed by atoms with Gasteiger partial charge in [0, 0.05) is 0 Å². The van der Waals surface area contributed by atoms with Gasteiger partial charge in [0.2, 0.25) is 0 Å². The normalized spacial score (nSPS) is 19.1. The maximum absolute atomic E-state index is 12.7. The monoisotopic (exact) mass is 554 g/mol. The van der Waals surface area contributed by atoms with Crippen LogP contribution >= 0.6 is 0 Å². The molecule has 1 saturated heterocycles. The van der Waals surface area contributed by atoms with Crippen LogP contribution < -0.4 is 31.3 Å². The Morgan fingerprint density at radius 2 is 1.97 bits per heavy atom. The van der Waals surface area contributed by atoms with Gasteiger partial charge in [0.15, 0.2) is 0 Å². The molecule has 1 aromatic heterocycles. The fraction of sp³-hybridized carbons (Fsp3) is 0.333. The molecule has 0 bridgehead atoms. The molecule has 2 atom stereocenters. The van der Waals surface area contributed by atoms with Crippen molar-refractivity contribution in [2.24, 2.45) is 5.92 Å². The molecule has 0 unspecified atom stereocenters. The van der Waals surface area contributed by atoms with E-state index in [1.807, 2.05) is 44.2 Å². The summed E-state index contributed by atoms with van der Waals surface area (Å²) < 4.78 is 44.1. The number of alkyl halides is 5. The van der Waals surface area contributed by atoms with E-state index in [1.54, 1.807) is 12.3 Å². The summed E-state index contributed by atoms with van der Waals surface area (Å²) in [5.41, 5.74) is 3.97. The number of aromatic nitrogens is 1. The average molecular weight is 554 g/mol. The zero-order valence-corrected chi connectivity index (χ0v) is 19.9. The number of rotatable bonds is 6. The number of halogens is 4. The number of nitrogens with zero attached hydrogens (tertiary/aromatic N) is 1. The fourth-order valence-corrected chi connectivity index (χ4v) is 7.60. The number of anilines is 1. The molecular weight excluding hydrogens is 530 g/mol. The molecule has 170 valence electrons. The summed E-state index contributed by atoms with van der Waals surface area (Å²) in [5, 5.41) is 13.0. The Balaban J connectivity index is 1.63. The minimum absolute atomic E-state index is 0.0450. The average Bonchev–Trinajstić information content (AvgIpc) is 3.20. The molecule has 32 heavy (non-hydrogen) atoms. The van der Waals surface area contributed by atoms with Crippen LogP contribution in [0.25, 0.3) is 10.9 Å². The molecule has 1 aliphatic rings. The Kier molecular flexibility index (Phi) is 6.60. The van der Waals surface area contributed by atoms with Crippen molar-refractivity contribution in [3.63, 3.8) is 0 Å². The van der Waals surface area contributed by atoms with Crippen LogP contribution in [0.1, 0.15) is 30.9 Å². The van der Waals surface area contributed by atoms with E-state index in [0.29, 0.717) is 5.71 Å². The van der Waals surface area contributed by atoms with Crippen molar-refractivity contribution < 1.29 is 39.1 Å². The van der Waals surface area contributed by atoms with E-state index in [-0.39, 0.29) is 44.8 Å². The third-order valence-corrected chi connectivity index (χ3v) is 8.68. The molecule has 2 heterocycles. The second-order valence-electron chi connectivity index (χ2n) is 8.10. The van der Waals surface area contributed by atoms with Gasteiger partial charge in [-0.2, -0.15) is 0 Å². The van der Waals surface area contributed by atoms with Crippen molar-refractivity contribution in [1.29, 1.82) is 5.41 Å². The Morgan fingerprint density at radius 3 is 2.72 bits per heavy atom. The van der Waals surface area contributed by atoms with Gasteiger partial charge in [-0.3, -0.25) is 0 Å². The molecule has 8 heteroatoms. The van der Waals surface area contributed by atoms with Crippen LogP contribution in [0.4, 0.5) is 18.9 Å². The molecule has 2 N–H and O–H groups in total. The third kappa shape index (κ3) is 5.00. The molecule has 4 rings (SSSR count). The van der Waals surface area contributed by atoms with Crippen molar-refractivity contribution >= 4 is 22.3 Å². The summed E-state index contributed by atoms with van der Waals surface area (Å²) >= 11 is -0.0450. The number of fused-ring (bicyclic) bond motifs is 1. The number of hydrogen-bond acceptors (Lipinski definition) is 4. The number of benzene rings is 2. The van der Waals surface area contributed by atoms with Crippen LogP contribution in [-0.2, 0) is 0 Å². The van der Waals surface area contributed by atoms with Crippen molar-refractivity contribution in [3.05, 3.63) is 65.9 Å². The van der Waals surface area contributed by atoms with Crippen molar-refractivity contribution in [2.75, 3.05) is 14.2 Å². The first-order valence-corrected chi connectivity index (χ1v) is 13.4. The fourth-order valence-electron chi connectivity index (χ4n) is 3.94. The van der Waals surface area contributed by atoms with Crippen molar-refractivity contribution in [2.45, 2.75) is 32.2 Å². The van der Waals surface area contributed by atoms with Crippen LogP contribution in [-0.4, -0.2) is 32.0 Å². The number of ether oxygens (including phenoxy) is 1. The number of nitrogens with one attached hydrogen (secondary N) is 2. The van der Waals surface area contributed by atoms with E-state index in [2.05, 4.69) is 15.0 Å². The molecule has 1 fully saturated rings. The van der Waals surface area contributed by atoms with Crippen LogP contribution in [0.15, 0.2) is 54.7 Å². The standard InChI is InChI=1S/C24H24F3IN3O/c1-14(2)22(29)18-8-9-20(17-7-4-10-30-23(17)18)31-21-13-28-12-19(21)15-5-3-6-16(11-15)32-24(25,26)27/h3-11,14,19,21,29,31H,12-13H2,1-2H3/q-1/t19-,21+/m0/s1. The summed E-state index contributed by atoms with van der Waals surface area (Å²) in [5.74, 6) is 0.0409. The van der Waals surface area contributed by atoms with Gasteiger partial charge in [0.1, 0.15) is 0 Å². The van der Waals surface area contributed by atoms with Crippen molar-refractivity contribution in [1.82, 2.24) is 4.98 Å². The molecule has 4 nitrogen and oxygen atoms in total. The van der Waals surface area contributed by atoms with Crippen LogP contribution in [0.2, 0.25) is 0 Å². The molecule has 0 aliphatic carbocycles. The zero-order valence-electron chi connectivity index (χ0n) is 17.7. The van der Waals surface area contributed by atoms with E-state index in [0.717, 1.165) is 36.6 Å². The van der Waals surface area contributed by atoms with Crippen LogP contribution in [0.5, 0.6) is 5.75 Å². The first-order valence-electron chi connectivity index (χ1n) is 10.3. The molecule has 2 aromatic carbocycles. The van der Waals surface area contributed by atoms with Gasteiger partial charge >= 0.3 is 196 Å². The van der Waals surface area contributed by atoms with E-state index in [9.17, 15) is 13.2 Å². The van der Waals surface area contributed by atoms with Gasteiger partial charge < -0.3 is 0 Å². The minimum atomic E-state index is -4.70. The zero-order chi connectivity index (χ0) is 22.9. The third-order valence-electron chi connectivity index (χ3n) is 5.53.